The number of nitrogens with zero attached hydrogens (tertiary/aromatic N) is 1. The summed E-state index contributed by atoms with van der Waals surface area (Å²) < 4.78 is 5.90. The van der Waals surface area contributed by atoms with Gasteiger partial charge in [-0.2, -0.15) is 0 Å². The van der Waals surface area contributed by atoms with Gasteiger partial charge in [0.15, 0.2) is 0 Å². The van der Waals surface area contributed by atoms with Crippen LogP contribution in [0, 0.1) is 5.41 Å². The van der Waals surface area contributed by atoms with E-state index in [1.54, 1.807) is 0 Å². The van der Waals surface area contributed by atoms with Gasteiger partial charge in [-0.1, -0.05) is 0 Å². The minimum absolute atomic E-state index is 0.0477. The predicted molar refractivity (Wildman–Crippen MR) is 62.2 cm³/mol. The Bertz CT molecular complexity index is 228. The van der Waals surface area contributed by atoms with Crippen LogP contribution in [0.3, 0.4) is 0 Å². The molecule has 0 aromatic heterocycles. The van der Waals surface area contributed by atoms with Gasteiger partial charge in [-0.3, -0.25) is 5.41 Å². The molecule has 1 heterocycles. The van der Waals surface area contributed by atoms with Gasteiger partial charge < -0.3 is 15.4 Å². The molecule has 4 heteroatoms. The smallest absolute Gasteiger partial charge is 0.0918 e. The van der Waals surface area contributed by atoms with Gasteiger partial charge in [0, 0.05) is 19.5 Å². The van der Waals surface area contributed by atoms with E-state index in [9.17, 15) is 0 Å². The van der Waals surface area contributed by atoms with Gasteiger partial charge >= 0.3 is 0 Å². The van der Waals surface area contributed by atoms with Gasteiger partial charge in [0.05, 0.1) is 17.5 Å². The molecule has 3 N–H and O–H groups in total. The lowest BCUT2D eigenvalue weighted by Gasteiger charge is -2.23. The van der Waals surface area contributed by atoms with Crippen molar-refractivity contribution in [1.29, 1.82) is 5.41 Å². The first kappa shape index (κ1) is 12.5. The van der Waals surface area contributed by atoms with E-state index in [0.29, 0.717) is 12.5 Å². The Balaban J connectivity index is 2.21. The van der Waals surface area contributed by atoms with Crippen molar-refractivity contribution in [2.75, 3.05) is 20.1 Å². The van der Waals surface area contributed by atoms with Gasteiger partial charge in [0.25, 0.3) is 0 Å². The van der Waals surface area contributed by atoms with E-state index in [1.807, 2.05) is 0 Å². The molecule has 15 heavy (non-hydrogen) atoms. The second kappa shape index (κ2) is 4.94. The third-order valence-electron chi connectivity index (χ3n) is 2.83. The number of hydrogen-bond donors (Lipinski definition) is 2. The summed E-state index contributed by atoms with van der Waals surface area (Å²) in [6, 6.07) is 0. The summed E-state index contributed by atoms with van der Waals surface area (Å²) in [4.78, 5) is 2.19. The zero-order valence-electron chi connectivity index (χ0n) is 10.0. The van der Waals surface area contributed by atoms with Crippen molar-refractivity contribution >= 4 is 5.84 Å². The molecule has 4 nitrogen and oxygen atoms in total. The first-order valence-electron chi connectivity index (χ1n) is 5.58. The molecule has 1 aliphatic rings. The maximum atomic E-state index is 7.16. The zero-order chi connectivity index (χ0) is 11.5. The lowest BCUT2D eigenvalue weighted by molar-refractivity contribution is -0.0257. The molecule has 0 aromatic rings. The Morgan fingerprint density at radius 2 is 2.27 bits per heavy atom. The van der Waals surface area contributed by atoms with Crippen LogP contribution in [-0.4, -0.2) is 42.6 Å². The van der Waals surface area contributed by atoms with Crippen LogP contribution in [0.25, 0.3) is 0 Å². The van der Waals surface area contributed by atoms with Crippen molar-refractivity contribution in [3.63, 3.8) is 0 Å². The summed E-state index contributed by atoms with van der Waals surface area (Å²) in [7, 11) is 2.05. The van der Waals surface area contributed by atoms with Gasteiger partial charge in [-0.25, -0.2) is 0 Å². The maximum Gasteiger partial charge on any atom is 0.0918 e. The van der Waals surface area contributed by atoms with Crippen molar-refractivity contribution < 1.29 is 4.74 Å². The molecule has 88 valence electrons. The van der Waals surface area contributed by atoms with Crippen molar-refractivity contribution in [3.05, 3.63) is 0 Å². The van der Waals surface area contributed by atoms with Crippen LogP contribution in [0.4, 0.5) is 0 Å². The summed E-state index contributed by atoms with van der Waals surface area (Å²) in [5, 5.41) is 7.16. The molecule has 1 fully saturated rings. The molecular formula is C11H23N3O. The maximum absolute atomic E-state index is 7.16. The number of hydrogen-bond acceptors (Lipinski definition) is 3. The molecular weight excluding hydrogens is 190 g/mol. The Kier molecular flexibility index (Phi) is 4.11. The third kappa shape index (κ3) is 4.62. The van der Waals surface area contributed by atoms with Crippen LogP contribution in [0.5, 0.6) is 0 Å². The van der Waals surface area contributed by atoms with Crippen LogP contribution in [0.1, 0.15) is 33.1 Å². The molecule has 0 bridgehead atoms. The monoisotopic (exact) mass is 213 g/mol. The van der Waals surface area contributed by atoms with E-state index in [0.717, 1.165) is 25.9 Å². The summed E-state index contributed by atoms with van der Waals surface area (Å²) in [6.45, 7) is 6.07. The van der Waals surface area contributed by atoms with Crippen LogP contribution >= 0.6 is 0 Å². The number of amidine groups is 1. The third-order valence-corrected chi connectivity index (χ3v) is 2.83. The number of likely N-dealkylation sites (N-methyl/N-ethyl adjacent to an activating group) is 1. The summed E-state index contributed by atoms with van der Waals surface area (Å²) >= 11 is 0. The first-order chi connectivity index (χ1) is 6.89. The van der Waals surface area contributed by atoms with Gasteiger partial charge in [-0.05, 0) is 33.7 Å². The van der Waals surface area contributed by atoms with E-state index < -0.39 is 0 Å². The van der Waals surface area contributed by atoms with E-state index in [4.69, 9.17) is 15.9 Å². The molecule has 1 atom stereocenters. The fourth-order valence-electron chi connectivity index (χ4n) is 1.96. The average Bonchev–Trinajstić information content (AvgIpc) is 2.42. The molecule has 0 radical (unpaired) electrons. The first-order valence-corrected chi connectivity index (χ1v) is 5.58. The van der Waals surface area contributed by atoms with Crippen molar-refractivity contribution in [1.82, 2.24) is 4.90 Å². The highest BCUT2D eigenvalue weighted by molar-refractivity contribution is 5.76. The zero-order valence-corrected chi connectivity index (χ0v) is 10.0. The highest BCUT2D eigenvalue weighted by atomic mass is 16.5. The quantitative estimate of drug-likeness (QED) is 0.533. The average molecular weight is 213 g/mol. The second-order valence-electron chi connectivity index (χ2n) is 5.08. The van der Waals surface area contributed by atoms with E-state index in [-0.39, 0.29) is 11.4 Å². The van der Waals surface area contributed by atoms with E-state index >= 15 is 0 Å². The topological polar surface area (TPSA) is 62.3 Å². The SMILES string of the molecule is CN(CCC(=N)N)CC1CCC(C)(C)O1. The molecule has 1 unspecified atom stereocenters. The molecule has 0 amide bonds. The van der Waals surface area contributed by atoms with Gasteiger partial charge in [-0.15, -0.1) is 0 Å². The van der Waals surface area contributed by atoms with Crippen LogP contribution < -0.4 is 5.73 Å². The number of rotatable bonds is 5. The second-order valence-corrected chi connectivity index (χ2v) is 5.08. The standard InChI is InChI=1S/C11H23N3O/c1-11(2)6-4-9(15-11)8-14(3)7-5-10(12)13/h9H,4-8H2,1-3H3,(H3,12,13). The predicted octanol–water partition coefficient (Wildman–Crippen LogP) is 1.20. The van der Waals surface area contributed by atoms with Crippen LogP contribution in [-0.2, 0) is 4.74 Å². The number of nitrogens with two attached hydrogens (primary N) is 1. The molecule has 0 spiro atoms. The Labute approximate surface area is 92.3 Å². The molecule has 0 aliphatic carbocycles. The Morgan fingerprint density at radius 3 is 2.73 bits per heavy atom. The van der Waals surface area contributed by atoms with Crippen LogP contribution in [0.2, 0.25) is 0 Å². The summed E-state index contributed by atoms with van der Waals surface area (Å²) in [6.07, 6.45) is 3.26. The van der Waals surface area contributed by atoms with E-state index in [1.165, 1.54) is 0 Å². The highest BCUT2D eigenvalue weighted by Gasteiger charge is 2.31. The molecule has 0 aromatic carbocycles. The molecule has 1 rings (SSSR count). The molecule has 1 saturated heterocycles. The largest absolute Gasteiger partial charge is 0.388 e. The molecule has 1 aliphatic heterocycles. The minimum atomic E-state index is 0.0477. The van der Waals surface area contributed by atoms with Crippen molar-refractivity contribution in [2.45, 2.75) is 44.8 Å². The Morgan fingerprint density at radius 1 is 1.60 bits per heavy atom. The fourth-order valence-corrected chi connectivity index (χ4v) is 1.96. The normalized spacial score (nSPS) is 24.7. The van der Waals surface area contributed by atoms with Gasteiger partial charge in [0.1, 0.15) is 0 Å². The minimum Gasteiger partial charge on any atom is -0.388 e. The summed E-state index contributed by atoms with van der Waals surface area (Å²) in [5.41, 5.74) is 5.37. The Hall–Kier alpha value is -0.610. The highest BCUT2D eigenvalue weighted by Crippen LogP contribution is 2.29. The van der Waals surface area contributed by atoms with E-state index in [2.05, 4.69) is 25.8 Å². The van der Waals surface area contributed by atoms with Gasteiger partial charge in [0.2, 0.25) is 0 Å². The lowest BCUT2D eigenvalue weighted by Crippen LogP contribution is -2.33. The molecule has 0 saturated carbocycles. The van der Waals surface area contributed by atoms with Crippen LogP contribution in [0.15, 0.2) is 0 Å². The fraction of sp³-hybridized carbons (Fsp3) is 0.909. The van der Waals surface area contributed by atoms with Crippen molar-refractivity contribution in [2.24, 2.45) is 5.73 Å². The number of ether oxygens (including phenoxy) is 1. The lowest BCUT2D eigenvalue weighted by atomic mass is 10.1. The summed E-state index contributed by atoms with van der Waals surface area (Å²) in [5.74, 6) is 0.259. The number of nitrogens with one attached hydrogen (secondary N) is 1. The van der Waals surface area contributed by atoms with Crippen molar-refractivity contribution in [3.8, 4) is 0 Å².